The number of aromatic nitrogens is 2. The lowest BCUT2D eigenvalue weighted by molar-refractivity contribution is -0.255. The minimum absolute atomic E-state index is 0.193. The summed E-state index contributed by atoms with van der Waals surface area (Å²) in [5.41, 5.74) is -0.555. The summed E-state index contributed by atoms with van der Waals surface area (Å²) >= 11 is 0. The van der Waals surface area contributed by atoms with Gasteiger partial charge in [-0.25, -0.2) is 22.8 Å². The van der Waals surface area contributed by atoms with Crippen LogP contribution in [0, 0.1) is 23.2 Å². The number of phosphoric acid groups is 1. The molecule has 0 bridgehead atoms. The summed E-state index contributed by atoms with van der Waals surface area (Å²) in [6.45, 7) is 4.26. The van der Waals surface area contributed by atoms with Gasteiger partial charge in [-0.3, -0.25) is 18.7 Å². The number of aliphatic hydroxyl groups excluding tert-OH is 3. The number of carbonyl (C=O) groups excluding carboxylic acids is 2. The van der Waals surface area contributed by atoms with E-state index >= 15 is 4.39 Å². The first-order valence-electron chi connectivity index (χ1n) is 12.3. The van der Waals surface area contributed by atoms with Crippen LogP contribution in [0.1, 0.15) is 47.1 Å². The van der Waals surface area contributed by atoms with Crippen molar-refractivity contribution in [2.75, 3.05) is 32.5 Å². The van der Waals surface area contributed by atoms with Crippen LogP contribution in [0.4, 0.5) is 10.2 Å². The van der Waals surface area contributed by atoms with Crippen LogP contribution in [0.5, 0.6) is 0 Å². The molecule has 0 aromatic carbocycles. The maximum atomic E-state index is 16.0. The summed E-state index contributed by atoms with van der Waals surface area (Å²) in [6, 6.07) is 0. The van der Waals surface area contributed by atoms with Crippen molar-refractivity contribution < 1.29 is 61.6 Å². The third kappa shape index (κ3) is 7.71. The highest BCUT2D eigenvalue weighted by Gasteiger charge is 2.65. The third-order valence-corrected chi connectivity index (χ3v) is 7.03. The number of alkyl halides is 1. The van der Waals surface area contributed by atoms with E-state index in [1.54, 1.807) is 0 Å². The molecule has 0 amide bonds. The number of hydrogen-bond acceptors (Lipinski definition) is 15. The van der Waals surface area contributed by atoms with E-state index < -0.39 is 86.9 Å². The van der Waals surface area contributed by atoms with Gasteiger partial charge in [0, 0.05) is 6.20 Å². The highest BCUT2D eigenvalue weighted by molar-refractivity contribution is 7.48. The molecule has 0 radical (unpaired) electrons. The van der Waals surface area contributed by atoms with Crippen molar-refractivity contribution in [3.05, 3.63) is 22.2 Å². The van der Waals surface area contributed by atoms with Crippen molar-refractivity contribution in [2.24, 2.45) is 10.8 Å². The largest absolute Gasteiger partial charge is 0.480 e. The maximum absolute atomic E-state index is 16.0. The first-order valence-corrected chi connectivity index (χ1v) is 13.7. The van der Waals surface area contributed by atoms with Crippen LogP contribution < -0.4 is 11.4 Å². The van der Waals surface area contributed by atoms with Crippen molar-refractivity contribution in [2.45, 2.75) is 65.3 Å². The highest BCUT2D eigenvalue weighted by atomic mass is 31.2. The topological polar surface area (TPSA) is 228 Å². The molecule has 1 fully saturated rings. The lowest BCUT2D eigenvalue weighted by atomic mass is 9.98. The van der Waals surface area contributed by atoms with Crippen LogP contribution in [0.3, 0.4) is 0 Å². The lowest BCUT2D eigenvalue weighted by Crippen LogP contribution is -2.53. The van der Waals surface area contributed by atoms with Crippen molar-refractivity contribution in [1.29, 1.82) is 0 Å². The van der Waals surface area contributed by atoms with E-state index in [2.05, 4.69) is 10.9 Å². The molecule has 5 N–H and O–H groups in total. The maximum Gasteiger partial charge on any atom is 0.480 e. The van der Waals surface area contributed by atoms with Gasteiger partial charge in [0.15, 0.2) is 0 Å². The van der Waals surface area contributed by atoms with Crippen molar-refractivity contribution in [1.82, 2.24) is 9.55 Å². The molecule has 1 saturated heterocycles. The Kier molecular flexibility index (Phi) is 10.7. The Morgan fingerprint density at radius 2 is 1.62 bits per heavy atom. The number of terminal acetylenes is 1. The standard InChI is InChI=1S/C24H35FN3O13P/c1-8-14-9-28(20(34)27-17(14)26)24(10-29)16(31)15(30)23(25,41-24)11-38-42(35,39-12-36-18(32)21(2,3)4)40-13-37-19(33)22(5,6)7/h1,9,15-16,29-31H,10-13H2,2-7H3,(H2,26,27,34)/t15-,16+,23+,24+/m0/s1. The summed E-state index contributed by atoms with van der Waals surface area (Å²) in [6.07, 6.45) is 1.25. The normalized spacial score (nSPS) is 24.7. The zero-order chi connectivity index (χ0) is 32.3. The number of nitrogens with two attached hydrogens (primary N) is 1. The molecular formula is C24H35FN3O13P. The van der Waals surface area contributed by atoms with Crippen LogP contribution in [-0.4, -0.2) is 81.7 Å². The van der Waals surface area contributed by atoms with Gasteiger partial charge in [-0.15, -0.1) is 6.42 Å². The van der Waals surface area contributed by atoms with Crippen molar-refractivity contribution in [3.8, 4) is 12.3 Å². The first kappa shape index (κ1) is 35.3. The number of nitrogen functional groups attached to an aromatic ring is 1. The Morgan fingerprint density at radius 3 is 2.05 bits per heavy atom. The van der Waals surface area contributed by atoms with E-state index in [4.69, 9.17) is 39.9 Å². The molecular weight excluding hydrogens is 588 g/mol. The van der Waals surface area contributed by atoms with Gasteiger partial charge in [-0.05, 0) is 41.5 Å². The van der Waals surface area contributed by atoms with Gasteiger partial charge < -0.3 is 35.3 Å². The Hall–Kier alpha value is -2.94. The average molecular weight is 624 g/mol. The molecule has 16 nitrogen and oxygen atoms in total. The molecule has 1 aromatic heterocycles. The Labute approximate surface area is 240 Å². The number of anilines is 1. The molecule has 0 spiro atoms. The molecule has 236 valence electrons. The van der Waals surface area contributed by atoms with E-state index in [0.717, 1.165) is 6.20 Å². The van der Waals surface area contributed by atoms with E-state index in [9.17, 15) is 34.3 Å². The number of halogens is 1. The second-order valence-electron chi connectivity index (χ2n) is 11.2. The number of nitrogens with zero attached hydrogens (tertiary/aromatic N) is 2. The number of ether oxygens (including phenoxy) is 3. The van der Waals surface area contributed by atoms with Crippen LogP contribution >= 0.6 is 7.82 Å². The molecule has 1 aliphatic heterocycles. The fourth-order valence-electron chi connectivity index (χ4n) is 3.26. The zero-order valence-corrected chi connectivity index (χ0v) is 24.8. The summed E-state index contributed by atoms with van der Waals surface area (Å²) in [5.74, 6) is -3.34. The number of aliphatic hydroxyl groups is 3. The highest BCUT2D eigenvalue weighted by Crippen LogP contribution is 2.52. The van der Waals surface area contributed by atoms with Gasteiger partial charge in [0.1, 0.15) is 24.6 Å². The number of phosphoric ester groups is 1. The molecule has 4 atom stereocenters. The number of hydrogen-bond donors (Lipinski definition) is 4. The third-order valence-electron chi connectivity index (χ3n) is 5.74. The zero-order valence-electron chi connectivity index (χ0n) is 23.9. The van der Waals surface area contributed by atoms with E-state index in [1.165, 1.54) is 41.5 Å². The molecule has 2 heterocycles. The van der Waals surface area contributed by atoms with Crippen molar-refractivity contribution >= 4 is 25.6 Å². The van der Waals surface area contributed by atoms with Gasteiger partial charge in [0.05, 0.1) is 23.0 Å². The molecule has 1 aliphatic rings. The molecule has 0 unspecified atom stereocenters. The minimum Gasteiger partial charge on any atom is -0.437 e. The fraction of sp³-hybridized carbons (Fsp3) is 0.667. The summed E-state index contributed by atoms with van der Waals surface area (Å²) in [4.78, 5) is 40.0. The summed E-state index contributed by atoms with van der Waals surface area (Å²) in [5, 5.41) is 31.3. The Morgan fingerprint density at radius 1 is 1.12 bits per heavy atom. The van der Waals surface area contributed by atoms with Crippen LogP contribution in [0.2, 0.25) is 0 Å². The van der Waals surface area contributed by atoms with Gasteiger partial charge in [0.2, 0.25) is 19.3 Å². The monoisotopic (exact) mass is 623 g/mol. The number of carbonyl (C=O) groups is 2. The quantitative estimate of drug-likeness (QED) is 0.111. The SMILES string of the molecule is C#Cc1cn([C@]2(CO)O[C@](F)(COP(=O)(OCOC(=O)C(C)(C)C)OCOC(=O)C(C)(C)C)[C@@H](O)[C@H]2O)c(=O)nc1N. The summed E-state index contributed by atoms with van der Waals surface area (Å²) < 4.78 is 59.3. The molecule has 0 saturated carbocycles. The Balaban J connectivity index is 2.33. The van der Waals surface area contributed by atoms with E-state index in [-0.39, 0.29) is 11.4 Å². The van der Waals surface area contributed by atoms with Gasteiger partial charge in [-0.1, -0.05) is 5.92 Å². The lowest BCUT2D eigenvalue weighted by Gasteiger charge is -2.32. The number of esters is 2. The number of rotatable bonds is 11. The predicted octanol–water partition coefficient (Wildman–Crippen LogP) is 0.121. The van der Waals surface area contributed by atoms with E-state index in [0.29, 0.717) is 4.57 Å². The van der Waals surface area contributed by atoms with Crippen LogP contribution in [-0.2, 0) is 47.7 Å². The second kappa shape index (κ2) is 12.7. The fourth-order valence-corrected chi connectivity index (χ4v) is 4.18. The van der Waals surface area contributed by atoms with Gasteiger partial charge >= 0.3 is 25.5 Å². The van der Waals surface area contributed by atoms with Crippen molar-refractivity contribution in [3.63, 3.8) is 0 Å². The predicted molar refractivity (Wildman–Crippen MR) is 139 cm³/mol. The summed E-state index contributed by atoms with van der Waals surface area (Å²) in [7, 11) is -4.98. The molecule has 42 heavy (non-hydrogen) atoms. The first-order chi connectivity index (χ1) is 19.2. The smallest absolute Gasteiger partial charge is 0.437 e. The van der Waals surface area contributed by atoms with Crippen LogP contribution in [0.25, 0.3) is 0 Å². The van der Waals surface area contributed by atoms with Gasteiger partial charge in [0.25, 0.3) is 5.85 Å². The van der Waals surface area contributed by atoms with Crippen LogP contribution in [0.15, 0.2) is 11.0 Å². The molecule has 0 aliphatic carbocycles. The molecule has 1 aromatic rings. The van der Waals surface area contributed by atoms with E-state index in [1.807, 2.05) is 0 Å². The van der Waals surface area contributed by atoms with Gasteiger partial charge in [-0.2, -0.15) is 4.98 Å². The second-order valence-corrected chi connectivity index (χ2v) is 12.9. The average Bonchev–Trinajstić information content (AvgIpc) is 3.08. The molecule has 2 rings (SSSR count). The molecule has 18 heteroatoms. The Bertz CT molecular complexity index is 1280. The minimum atomic E-state index is -4.98.